The second-order valence-corrected chi connectivity index (χ2v) is 5.18. The number of aliphatic imine (C=N–C) groups is 1. The quantitative estimate of drug-likeness (QED) is 0.685. The average molecular weight is 302 g/mol. The maximum Gasteiger partial charge on any atom is 0.286 e. The van der Waals surface area contributed by atoms with E-state index in [4.69, 9.17) is 4.74 Å². The Kier molecular flexibility index (Phi) is 4.94. The van der Waals surface area contributed by atoms with Gasteiger partial charge in [0.1, 0.15) is 12.4 Å². The predicted octanol–water partition coefficient (Wildman–Crippen LogP) is 2.36. The zero-order valence-corrected chi connectivity index (χ0v) is 12.3. The van der Waals surface area contributed by atoms with Gasteiger partial charge in [-0.05, 0) is 23.9 Å². The molecule has 0 radical (unpaired) electrons. The third-order valence-corrected chi connectivity index (χ3v) is 3.36. The van der Waals surface area contributed by atoms with Gasteiger partial charge >= 0.3 is 0 Å². The summed E-state index contributed by atoms with van der Waals surface area (Å²) in [4.78, 5) is 27.0. The summed E-state index contributed by atoms with van der Waals surface area (Å²) < 4.78 is 5.53. The molecule has 108 valence electrons. The number of carbonyl (C=O) groups is 2. The van der Waals surface area contributed by atoms with Gasteiger partial charge in [-0.3, -0.25) is 9.59 Å². The van der Waals surface area contributed by atoms with Crippen molar-refractivity contribution < 1.29 is 14.3 Å². The highest BCUT2D eigenvalue weighted by atomic mass is 32.2. The van der Waals surface area contributed by atoms with Crippen molar-refractivity contribution in [1.29, 1.82) is 0 Å². The molecule has 0 saturated heterocycles. The fraction of sp³-hybridized carbons (Fsp3) is 0.133. The Hall–Kier alpha value is -2.34. The number of rotatable bonds is 4. The molecule has 0 bridgehead atoms. The maximum atomic E-state index is 11.8. The Morgan fingerprint density at radius 3 is 2.95 bits per heavy atom. The molecule has 0 atom stereocenters. The van der Waals surface area contributed by atoms with Crippen LogP contribution in [0.4, 0.5) is 0 Å². The zero-order chi connectivity index (χ0) is 15.2. The molecule has 2 amide bonds. The molecular weight excluding hydrogens is 288 g/mol. The normalized spacial score (nSPS) is 15.8. The molecule has 0 spiro atoms. The molecule has 0 aliphatic carbocycles. The molecule has 0 fully saturated rings. The number of nitrogens with zero attached hydrogens (tertiary/aromatic N) is 1. The minimum absolute atomic E-state index is 0.259. The van der Waals surface area contributed by atoms with Crippen LogP contribution < -0.4 is 10.1 Å². The first-order chi connectivity index (χ1) is 10.1. The number of carbonyl (C=O) groups excluding carboxylic acids is 2. The van der Waals surface area contributed by atoms with Gasteiger partial charge in [-0.1, -0.05) is 30.9 Å². The Morgan fingerprint density at radius 1 is 1.48 bits per heavy atom. The number of hydrogen-bond acceptors (Lipinski definition) is 4. The Balaban J connectivity index is 2.19. The fourth-order valence-corrected chi connectivity index (χ4v) is 2.48. The van der Waals surface area contributed by atoms with Crippen molar-refractivity contribution in [3.63, 3.8) is 0 Å². The molecule has 0 saturated carbocycles. The highest BCUT2D eigenvalue weighted by molar-refractivity contribution is 8.18. The van der Waals surface area contributed by atoms with Crippen molar-refractivity contribution in [3.8, 4) is 5.75 Å². The van der Waals surface area contributed by atoms with Crippen LogP contribution in [0, 0.1) is 0 Å². The monoisotopic (exact) mass is 302 g/mol. The third kappa shape index (κ3) is 4.06. The van der Waals surface area contributed by atoms with E-state index in [-0.39, 0.29) is 11.8 Å². The second kappa shape index (κ2) is 6.90. The molecule has 0 unspecified atom stereocenters. The number of hydrogen-bond donors (Lipinski definition) is 1. The highest BCUT2D eigenvalue weighted by Gasteiger charge is 2.22. The van der Waals surface area contributed by atoms with E-state index in [9.17, 15) is 9.59 Å². The van der Waals surface area contributed by atoms with Crippen LogP contribution in [0.1, 0.15) is 12.5 Å². The lowest BCUT2D eigenvalue weighted by Crippen LogP contribution is -2.23. The van der Waals surface area contributed by atoms with E-state index >= 15 is 0 Å². The molecule has 1 aromatic rings. The molecular formula is C15H14N2O3S. The first-order valence-corrected chi connectivity index (χ1v) is 7.04. The summed E-state index contributed by atoms with van der Waals surface area (Å²) in [5.41, 5.74) is 0.773. The van der Waals surface area contributed by atoms with Crippen LogP contribution in [0.5, 0.6) is 5.75 Å². The van der Waals surface area contributed by atoms with Crippen LogP contribution in [0.2, 0.25) is 0 Å². The van der Waals surface area contributed by atoms with E-state index in [1.807, 2.05) is 24.3 Å². The molecule has 1 aromatic carbocycles. The SMILES string of the molecule is C=CCOc1ccccc1/C=C1\SC(NC(C)=O)=NC1=O. The van der Waals surface area contributed by atoms with Crippen molar-refractivity contribution >= 4 is 34.8 Å². The third-order valence-electron chi connectivity index (χ3n) is 2.47. The van der Waals surface area contributed by atoms with Crippen LogP contribution in [0.25, 0.3) is 6.08 Å². The molecule has 1 heterocycles. The van der Waals surface area contributed by atoms with Gasteiger partial charge in [0.25, 0.3) is 5.91 Å². The van der Waals surface area contributed by atoms with E-state index in [1.54, 1.807) is 12.2 Å². The van der Waals surface area contributed by atoms with Crippen LogP contribution in [0.15, 0.2) is 46.8 Å². The van der Waals surface area contributed by atoms with Crippen molar-refractivity contribution in [1.82, 2.24) is 5.32 Å². The van der Waals surface area contributed by atoms with Gasteiger partial charge in [-0.2, -0.15) is 4.99 Å². The zero-order valence-electron chi connectivity index (χ0n) is 11.5. The minimum Gasteiger partial charge on any atom is -0.489 e. The van der Waals surface area contributed by atoms with Gasteiger partial charge in [0.05, 0.1) is 4.91 Å². The molecule has 1 aliphatic rings. The number of amidine groups is 1. The molecule has 6 heteroatoms. The van der Waals surface area contributed by atoms with Crippen LogP contribution in [-0.4, -0.2) is 23.6 Å². The lowest BCUT2D eigenvalue weighted by atomic mass is 10.2. The van der Waals surface area contributed by atoms with Crippen molar-refractivity contribution in [2.24, 2.45) is 4.99 Å². The standard InChI is InChI=1S/C15H14N2O3S/c1-3-8-20-12-7-5-4-6-11(12)9-13-14(19)17-15(21-13)16-10(2)18/h3-7,9H,1,8H2,2H3,(H,16,17,18,19)/b13-9-. The number of thioether (sulfide) groups is 1. The van der Waals surface area contributed by atoms with E-state index in [0.717, 1.165) is 17.3 Å². The fourth-order valence-electron chi connectivity index (χ4n) is 1.63. The minimum atomic E-state index is -0.373. The molecule has 21 heavy (non-hydrogen) atoms. The number of nitrogens with one attached hydrogen (secondary N) is 1. The number of para-hydroxylation sites is 1. The summed E-state index contributed by atoms with van der Waals surface area (Å²) in [6.07, 6.45) is 3.35. The van der Waals surface area contributed by atoms with Crippen LogP contribution >= 0.6 is 11.8 Å². The molecule has 2 rings (SSSR count). The van der Waals surface area contributed by atoms with E-state index < -0.39 is 0 Å². The lowest BCUT2D eigenvalue weighted by Gasteiger charge is -2.07. The molecule has 0 aromatic heterocycles. The van der Waals surface area contributed by atoms with Crippen LogP contribution in [0.3, 0.4) is 0 Å². The first-order valence-electron chi connectivity index (χ1n) is 6.23. The lowest BCUT2D eigenvalue weighted by molar-refractivity contribution is -0.117. The van der Waals surface area contributed by atoms with Gasteiger partial charge in [-0.15, -0.1) is 0 Å². The first kappa shape index (κ1) is 15.1. The number of amides is 2. The van der Waals surface area contributed by atoms with E-state index in [0.29, 0.717) is 22.4 Å². The summed E-state index contributed by atoms with van der Waals surface area (Å²) in [6.45, 7) is 5.35. The summed E-state index contributed by atoms with van der Waals surface area (Å²) in [6, 6.07) is 7.36. The molecule has 1 aliphatic heterocycles. The van der Waals surface area contributed by atoms with Gasteiger partial charge < -0.3 is 10.1 Å². The Bertz CT molecular complexity index is 650. The largest absolute Gasteiger partial charge is 0.489 e. The van der Waals surface area contributed by atoms with Gasteiger partial charge in [0.2, 0.25) is 5.91 Å². The van der Waals surface area contributed by atoms with Crippen LogP contribution in [-0.2, 0) is 9.59 Å². The van der Waals surface area contributed by atoms with Gasteiger partial charge in [-0.25, -0.2) is 0 Å². The second-order valence-electron chi connectivity index (χ2n) is 4.15. The summed E-state index contributed by atoms with van der Waals surface area (Å²) in [7, 11) is 0. The Morgan fingerprint density at radius 2 is 2.24 bits per heavy atom. The highest BCUT2D eigenvalue weighted by Crippen LogP contribution is 2.30. The molecule has 1 N–H and O–H groups in total. The van der Waals surface area contributed by atoms with E-state index in [1.165, 1.54) is 6.92 Å². The average Bonchev–Trinajstić information content (AvgIpc) is 2.77. The summed E-state index contributed by atoms with van der Waals surface area (Å²) >= 11 is 1.13. The van der Waals surface area contributed by atoms with Crippen molar-refractivity contribution in [2.75, 3.05) is 6.61 Å². The van der Waals surface area contributed by atoms with E-state index in [2.05, 4.69) is 16.9 Å². The van der Waals surface area contributed by atoms with Gasteiger partial charge in [0.15, 0.2) is 5.17 Å². The van der Waals surface area contributed by atoms with Crippen molar-refractivity contribution in [3.05, 3.63) is 47.4 Å². The summed E-state index contributed by atoms with van der Waals surface area (Å²) in [5.74, 6) is 0.0265. The maximum absolute atomic E-state index is 11.8. The molecule has 5 nitrogen and oxygen atoms in total. The Labute approximate surface area is 126 Å². The number of ether oxygens (including phenoxy) is 1. The van der Waals surface area contributed by atoms with Gasteiger partial charge in [0, 0.05) is 12.5 Å². The smallest absolute Gasteiger partial charge is 0.286 e. The number of benzene rings is 1. The van der Waals surface area contributed by atoms with Crippen molar-refractivity contribution in [2.45, 2.75) is 6.92 Å². The summed E-state index contributed by atoms with van der Waals surface area (Å²) in [5, 5.41) is 2.80. The predicted molar refractivity (Wildman–Crippen MR) is 84.0 cm³/mol. The topological polar surface area (TPSA) is 67.8 Å².